The van der Waals surface area contributed by atoms with Gasteiger partial charge in [-0.3, -0.25) is 4.98 Å². The number of hydrogen-bond acceptors (Lipinski definition) is 2. The summed E-state index contributed by atoms with van der Waals surface area (Å²) in [7, 11) is 0. The van der Waals surface area contributed by atoms with Crippen molar-refractivity contribution in [2.75, 3.05) is 0 Å². The van der Waals surface area contributed by atoms with E-state index < -0.39 is 0 Å². The molecule has 0 spiro atoms. The van der Waals surface area contributed by atoms with Crippen LogP contribution in [0.5, 0.6) is 0 Å². The predicted molar refractivity (Wildman–Crippen MR) is 88.7 cm³/mol. The molecule has 0 aliphatic heterocycles. The van der Waals surface area contributed by atoms with Crippen LogP contribution in [-0.4, -0.2) is 4.98 Å². The van der Waals surface area contributed by atoms with E-state index in [1.54, 1.807) is 6.20 Å². The largest absolute Gasteiger partial charge is 0.319 e. The van der Waals surface area contributed by atoms with Gasteiger partial charge in [0.2, 0.25) is 0 Å². The van der Waals surface area contributed by atoms with Gasteiger partial charge in [-0.1, -0.05) is 30.7 Å². The first-order chi connectivity index (χ1) is 9.65. The Hall–Kier alpha value is -0.710. The van der Waals surface area contributed by atoms with Gasteiger partial charge >= 0.3 is 0 Å². The van der Waals surface area contributed by atoms with E-state index in [2.05, 4.69) is 61.1 Å². The molecule has 1 fully saturated rings. The van der Waals surface area contributed by atoms with Gasteiger partial charge in [0.1, 0.15) is 0 Å². The molecule has 20 heavy (non-hydrogen) atoms. The van der Waals surface area contributed by atoms with Gasteiger partial charge in [-0.25, -0.2) is 0 Å². The molecule has 1 atom stereocenters. The maximum absolute atomic E-state index is 6.33. The molecule has 0 saturated heterocycles. The van der Waals surface area contributed by atoms with E-state index in [4.69, 9.17) is 5.73 Å². The van der Waals surface area contributed by atoms with Gasteiger partial charge in [-0.05, 0) is 67.8 Å². The van der Waals surface area contributed by atoms with Crippen LogP contribution in [-0.2, 0) is 0 Å². The van der Waals surface area contributed by atoms with Crippen LogP contribution in [0.25, 0.3) is 0 Å². The Kier molecular flexibility index (Phi) is 4.24. The molecule has 1 aromatic heterocycles. The monoisotopic (exact) mass is 394 g/mol. The van der Waals surface area contributed by atoms with Gasteiger partial charge in [0, 0.05) is 15.1 Å². The van der Waals surface area contributed by atoms with E-state index in [9.17, 15) is 0 Å². The summed E-state index contributed by atoms with van der Waals surface area (Å²) in [6.07, 6.45) is 5.79. The van der Waals surface area contributed by atoms with Crippen LogP contribution in [0, 0.1) is 0 Å². The Morgan fingerprint density at radius 3 is 2.40 bits per heavy atom. The van der Waals surface area contributed by atoms with Crippen LogP contribution >= 0.6 is 31.9 Å². The van der Waals surface area contributed by atoms with Crippen LogP contribution in [0.2, 0.25) is 0 Å². The van der Waals surface area contributed by atoms with Crippen LogP contribution < -0.4 is 5.73 Å². The molecule has 2 nitrogen and oxygen atoms in total. The summed E-state index contributed by atoms with van der Waals surface area (Å²) >= 11 is 6.94. The SMILES string of the molecule is NC(c1ccc(C2CCC2)cc1)c1ncc(Br)cc1Br. The number of pyridine rings is 1. The summed E-state index contributed by atoms with van der Waals surface area (Å²) < 4.78 is 1.88. The number of nitrogens with zero attached hydrogens (tertiary/aromatic N) is 1. The van der Waals surface area contributed by atoms with Crippen molar-refractivity contribution in [1.29, 1.82) is 0 Å². The molecule has 1 saturated carbocycles. The van der Waals surface area contributed by atoms with Gasteiger partial charge < -0.3 is 5.73 Å². The highest BCUT2D eigenvalue weighted by atomic mass is 79.9. The molecule has 2 aromatic rings. The minimum atomic E-state index is -0.201. The van der Waals surface area contributed by atoms with Gasteiger partial charge in [-0.2, -0.15) is 0 Å². The van der Waals surface area contributed by atoms with Crippen LogP contribution in [0.15, 0.2) is 45.5 Å². The summed E-state index contributed by atoms with van der Waals surface area (Å²) in [5.74, 6) is 0.762. The van der Waals surface area contributed by atoms with E-state index in [0.29, 0.717) is 0 Å². The fourth-order valence-electron chi connectivity index (χ4n) is 2.53. The third-order valence-corrected chi connectivity index (χ3v) is 5.07. The number of nitrogens with two attached hydrogens (primary N) is 1. The molecule has 0 amide bonds. The van der Waals surface area contributed by atoms with Crippen molar-refractivity contribution in [3.8, 4) is 0 Å². The van der Waals surface area contributed by atoms with E-state index in [1.165, 1.54) is 24.8 Å². The zero-order chi connectivity index (χ0) is 14.1. The number of hydrogen-bond donors (Lipinski definition) is 1. The average Bonchev–Trinajstić information content (AvgIpc) is 2.37. The molecule has 0 radical (unpaired) electrons. The quantitative estimate of drug-likeness (QED) is 0.800. The van der Waals surface area contributed by atoms with E-state index in [1.807, 2.05) is 6.07 Å². The first-order valence-corrected chi connectivity index (χ1v) is 8.40. The number of benzene rings is 1. The number of rotatable bonds is 3. The highest BCUT2D eigenvalue weighted by Crippen LogP contribution is 2.37. The molecule has 2 N–H and O–H groups in total. The lowest BCUT2D eigenvalue weighted by atomic mass is 9.80. The van der Waals surface area contributed by atoms with Gasteiger partial charge in [0.15, 0.2) is 0 Å². The Labute approximate surface area is 136 Å². The van der Waals surface area contributed by atoms with Crippen molar-refractivity contribution < 1.29 is 0 Å². The van der Waals surface area contributed by atoms with Crippen molar-refractivity contribution in [2.45, 2.75) is 31.2 Å². The molecule has 104 valence electrons. The summed E-state index contributed by atoms with van der Waals surface area (Å²) in [6, 6.07) is 10.5. The Bertz CT molecular complexity index is 606. The minimum Gasteiger partial charge on any atom is -0.319 e. The van der Waals surface area contributed by atoms with E-state index in [-0.39, 0.29) is 6.04 Å². The number of aromatic nitrogens is 1. The Morgan fingerprint density at radius 1 is 1.15 bits per heavy atom. The van der Waals surface area contributed by atoms with Crippen LogP contribution in [0.1, 0.15) is 48.0 Å². The summed E-state index contributed by atoms with van der Waals surface area (Å²) in [6.45, 7) is 0. The first-order valence-electron chi connectivity index (χ1n) is 6.81. The van der Waals surface area contributed by atoms with Crippen LogP contribution in [0.4, 0.5) is 0 Å². The maximum Gasteiger partial charge on any atom is 0.0758 e. The zero-order valence-electron chi connectivity index (χ0n) is 11.0. The molecule has 1 unspecified atom stereocenters. The van der Waals surface area contributed by atoms with Crippen molar-refractivity contribution in [3.63, 3.8) is 0 Å². The lowest BCUT2D eigenvalue weighted by molar-refractivity contribution is 0.419. The molecular formula is C16H16Br2N2. The highest BCUT2D eigenvalue weighted by Gasteiger charge is 2.20. The fraction of sp³-hybridized carbons (Fsp3) is 0.312. The Balaban J connectivity index is 1.84. The van der Waals surface area contributed by atoms with Gasteiger partial charge in [0.25, 0.3) is 0 Å². The second kappa shape index (κ2) is 5.96. The van der Waals surface area contributed by atoms with Crippen molar-refractivity contribution in [2.24, 2.45) is 5.73 Å². The van der Waals surface area contributed by atoms with E-state index in [0.717, 1.165) is 26.1 Å². The smallest absolute Gasteiger partial charge is 0.0758 e. The summed E-state index contributed by atoms with van der Waals surface area (Å²) in [5.41, 5.74) is 9.74. The van der Waals surface area contributed by atoms with Gasteiger partial charge in [0.05, 0.1) is 11.7 Å². The maximum atomic E-state index is 6.33. The van der Waals surface area contributed by atoms with E-state index >= 15 is 0 Å². The second-order valence-electron chi connectivity index (χ2n) is 5.29. The lowest BCUT2D eigenvalue weighted by Gasteiger charge is -2.26. The normalized spacial score (nSPS) is 16.8. The van der Waals surface area contributed by atoms with Gasteiger partial charge in [-0.15, -0.1) is 0 Å². The third-order valence-electron chi connectivity index (χ3n) is 4.00. The van der Waals surface area contributed by atoms with Crippen molar-refractivity contribution >= 4 is 31.9 Å². The fourth-order valence-corrected chi connectivity index (χ4v) is 3.76. The van der Waals surface area contributed by atoms with Crippen molar-refractivity contribution in [3.05, 3.63) is 62.3 Å². The molecule has 1 aliphatic rings. The highest BCUT2D eigenvalue weighted by molar-refractivity contribution is 9.11. The molecule has 1 heterocycles. The average molecular weight is 396 g/mol. The molecule has 1 aliphatic carbocycles. The minimum absolute atomic E-state index is 0.201. The molecule has 0 bridgehead atoms. The molecule has 1 aromatic carbocycles. The molecular weight excluding hydrogens is 380 g/mol. The lowest BCUT2D eigenvalue weighted by Crippen LogP contribution is -2.15. The number of halogens is 2. The first kappa shape index (κ1) is 14.2. The van der Waals surface area contributed by atoms with Crippen molar-refractivity contribution in [1.82, 2.24) is 4.98 Å². The van der Waals surface area contributed by atoms with Crippen LogP contribution in [0.3, 0.4) is 0 Å². The third kappa shape index (κ3) is 2.83. The second-order valence-corrected chi connectivity index (χ2v) is 7.06. The standard InChI is InChI=1S/C16H16Br2N2/c17-13-8-14(18)16(20-9-13)15(19)12-6-4-11(5-7-12)10-2-1-3-10/h4-10,15H,1-3,19H2. The summed E-state index contributed by atoms with van der Waals surface area (Å²) in [5, 5.41) is 0. The zero-order valence-corrected chi connectivity index (χ0v) is 14.2. The predicted octanol–water partition coefficient (Wildman–Crippen LogP) is 4.92. The topological polar surface area (TPSA) is 38.9 Å². The Morgan fingerprint density at radius 2 is 1.85 bits per heavy atom. The summed E-state index contributed by atoms with van der Waals surface area (Å²) in [4.78, 5) is 4.42. The molecule has 3 rings (SSSR count). The molecule has 4 heteroatoms.